The van der Waals surface area contributed by atoms with Crippen LogP contribution in [0.4, 0.5) is 0 Å². The third-order valence-corrected chi connectivity index (χ3v) is 5.30. The van der Waals surface area contributed by atoms with E-state index in [0.717, 1.165) is 0 Å². The Labute approximate surface area is 160 Å². The number of carboxylic acids is 2. The number of para-hydroxylation sites is 1. The molecule has 1 amide bonds. The molecule has 1 aromatic rings. The molecular weight excluding hydrogens is 403 g/mol. The molecule has 1 rings (SSSR count). The number of benzene rings is 1. The Bertz CT molecular complexity index is 702. The fraction of sp³-hybridized carbons (Fsp3) is 0.400. The van der Waals surface area contributed by atoms with Gasteiger partial charge in [0.1, 0.15) is 18.3 Å². The number of nitrogens with one attached hydrogen (secondary N) is 1. The molecule has 0 aliphatic carbocycles. The Morgan fingerprint density at radius 1 is 1.22 bits per heavy atom. The van der Waals surface area contributed by atoms with E-state index >= 15 is 0 Å². The van der Waals surface area contributed by atoms with E-state index in [1.54, 1.807) is 18.2 Å². The zero-order valence-electron chi connectivity index (χ0n) is 14.1. The molecule has 0 radical (unpaired) electrons. The maximum atomic E-state index is 13.1. The van der Waals surface area contributed by atoms with Crippen molar-refractivity contribution < 1.29 is 38.2 Å². The van der Waals surface area contributed by atoms with Gasteiger partial charge in [0, 0.05) is 0 Å². The summed E-state index contributed by atoms with van der Waals surface area (Å²) in [6.07, 6.45) is -2.11. The zero-order valence-corrected chi connectivity index (χ0v) is 15.8. The number of carboxylic acid groups (broad SMARTS) is 2. The molecule has 1 unspecified atom stereocenters. The number of hydrogen-bond donors (Lipinski definition) is 4. The van der Waals surface area contributed by atoms with Crippen LogP contribution in [0.1, 0.15) is 6.42 Å². The Morgan fingerprint density at radius 3 is 2.37 bits per heavy atom. The van der Waals surface area contributed by atoms with Crippen LogP contribution < -0.4 is 15.6 Å². The molecule has 0 aliphatic rings. The number of hydrogen-bond acceptors (Lipinski definition) is 7. The van der Waals surface area contributed by atoms with Crippen LogP contribution >= 0.6 is 19.2 Å². The fourth-order valence-electron chi connectivity index (χ4n) is 1.80. The molecule has 0 aliphatic heterocycles. The van der Waals surface area contributed by atoms with Gasteiger partial charge in [0.15, 0.2) is 6.10 Å². The molecule has 0 aromatic heterocycles. The smallest absolute Gasteiger partial charge is 0.380 e. The molecular formula is C15H20ClN2O8P. The topological polar surface area (TPSA) is 165 Å². The molecule has 10 nitrogen and oxygen atoms in total. The predicted octanol–water partition coefficient (Wildman–Crippen LogP) is 0.885. The van der Waals surface area contributed by atoms with Crippen molar-refractivity contribution in [2.24, 2.45) is 5.73 Å². The summed E-state index contributed by atoms with van der Waals surface area (Å²) in [5, 5.41) is 19.5. The molecule has 150 valence electrons. The average Bonchev–Trinajstić information content (AvgIpc) is 2.63. The molecule has 5 N–H and O–H groups in total. The second-order valence-electron chi connectivity index (χ2n) is 5.33. The first kappa shape index (κ1) is 22.9. The van der Waals surface area contributed by atoms with Crippen molar-refractivity contribution in [1.82, 2.24) is 5.32 Å². The van der Waals surface area contributed by atoms with Crippen molar-refractivity contribution in [3.63, 3.8) is 0 Å². The Morgan fingerprint density at radius 2 is 1.85 bits per heavy atom. The summed E-state index contributed by atoms with van der Waals surface area (Å²) in [5.74, 6) is -3.74. The van der Waals surface area contributed by atoms with E-state index in [9.17, 15) is 18.9 Å². The van der Waals surface area contributed by atoms with Gasteiger partial charge >= 0.3 is 19.5 Å². The quantitative estimate of drug-likeness (QED) is 0.282. The van der Waals surface area contributed by atoms with E-state index < -0.39 is 56.2 Å². The molecule has 0 saturated carbocycles. The zero-order chi connectivity index (χ0) is 20.4. The number of carbonyl (C=O) groups is 3. The van der Waals surface area contributed by atoms with Gasteiger partial charge in [-0.2, -0.15) is 0 Å². The van der Waals surface area contributed by atoms with Gasteiger partial charge in [0.25, 0.3) is 5.91 Å². The standard InChI is InChI=1S/C15H20ClN2O8P/c16-8-12(14(21)18-9-13(19)20)26-27(24,7-6-11(17)15(22)23)25-10-4-2-1-3-5-10/h1-5,11-12H,6-9,17H2,(H,18,21)(H,19,20)(H,22,23)/t11?,12-,27+/m0/s1. The summed E-state index contributed by atoms with van der Waals surface area (Å²) in [4.78, 5) is 33.4. The molecule has 0 fully saturated rings. The van der Waals surface area contributed by atoms with Gasteiger partial charge in [-0.3, -0.25) is 18.9 Å². The van der Waals surface area contributed by atoms with Gasteiger partial charge in [-0.1, -0.05) is 18.2 Å². The number of nitrogens with two attached hydrogens (primary N) is 1. The number of alkyl halides is 1. The number of amides is 1. The van der Waals surface area contributed by atoms with Crippen molar-refractivity contribution in [3.8, 4) is 5.75 Å². The second kappa shape index (κ2) is 10.9. The van der Waals surface area contributed by atoms with E-state index in [2.05, 4.69) is 5.32 Å². The minimum atomic E-state index is -4.04. The Balaban J connectivity index is 2.93. The van der Waals surface area contributed by atoms with Crippen LogP contribution in [0.5, 0.6) is 5.75 Å². The van der Waals surface area contributed by atoms with Crippen molar-refractivity contribution in [2.45, 2.75) is 18.6 Å². The minimum Gasteiger partial charge on any atom is -0.480 e. The van der Waals surface area contributed by atoms with Gasteiger partial charge in [-0.25, -0.2) is 4.57 Å². The van der Waals surface area contributed by atoms with Gasteiger partial charge < -0.3 is 25.8 Å². The largest absolute Gasteiger partial charge is 0.480 e. The lowest BCUT2D eigenvalue weighted by molar-refractivity contribution is -0.139. The van der Waals surface area contributed by atoms with Crippen LogP contribution in [-0.4, -0.2) is 58.8 Å². The summed E-state index contributed by atoms with van der Waals surface area (Å²) < 4.78 is 23.7. The third-order valence-electron chi connectivity index (χ3n) is 3.15. The van der Waals surface area contributed by atoms with Crippen LogP contribution in [0, 0.1) is 0 Å². The number of halogens is 1. The Hall–Kier alpha value is -2.13. The predicted molar refractivity (Wildman–Crippen MR) is 96.0 cm³/mol. The maximum Gasteiger partial charge on any atom is 0.380 e. The second-order valence-corrected chi connectivity index (χ2v) is 7.70. The van der Waals surface area contributed by atoms with Crippen molar-refractivity contribution in [3.05, 3.63) is 30.3 Å². The molecule has 1 aromatic carbocycles. The summed E-state index contributed by atoms with van der Waals surface area (Å²) in [7, 11) is -4.04. The first-order valence-electron chi connectivity index (χ1n) is 7.73. The van der Waals surface area contributed by atoms with E-state index in [1.165, 1.54) is 12.1 Å². The lowest BCUT2D eigenvalue weighted by atomic mass is 10.2. The lowest BCUT2D eigenvalue weighted by Crippen LogP contribution is -2.40. The SMILES string of the molecule is NC(CC[P@@](=O)(Oc1ccccc1)O[C@@H](CCl)C(=O)NCC(=O)O)C(=O)O. The highest BCUT2D eigenvalue weighted by atomic mass is 35.5. The molecule has 0 heterocycles. The third kappa shape index (κ3) is 8.40. The number of carbonyl (C=O) groups excluding carboxylic acids is 1. The number of aliphatic carboxylic acids is 2. The maximum absolute atomic E-state index is 13.1. The summed E-state index contributed by atoms with van der Waals surface area (Å²) in [6.45, 7) is -0.677. The average molecular weight is 423 g/mol. The van der Waals surface area contributed by atoms with E-state index in [1.807, 2.05) is 0 Å². The highest BCUT2D eigenvalue weighted by Crippen LogP contribution is 2.50. The summed E-state index contributed by atoms with van der Waals surface area (Å²) in [5.41, 5.74) is 5.42. The van der Waals surface area contributed by atoms with Crippen molar-refractivity contribution in [1.29, 1.82) is 0 Å². The highest BCUT2D eigenvalue weighted by Gasteiger charge is 2.34. The van der Waals surface area contributed by atoms with Gasteiger partial charge in [-0.05, 0) is 18.6 Å². The lowest BCUT2D eigenvalue weighted by Gasteiger charge is -2.24. The number of rotatable bonds is 12. The van der Waals surface area contributed by atoms with E-state index in [4.69, 9.17) is 36.6 Å². The van der Waals surface area contributed by atoms with Crippen LogP contribution in [0.3, 0.4) is 0 Å². The molecule has 0 saturated heterocycles. The normalized spacial score (nSPS) is 15.2. The molecule has 12 heteroatoms. The molecule has 0 spiro atoms. The first-order chi connectivity index (χ1) is 12.7. The van der Waals surface area contributed by atoms with Crippen LogP contribution in [-0.2, 0) is 23.5 Å². The van der Waals surface area contributed by atoms with Crippen LogP contribution in [0.15, 0.2) is 30.3 Å². The fourth-order valence-corrected chi connectivity index (χ4v) is 3.93. The van der Waals surface area contributed by atoms with Gasteiger partial charge in [-0.15, -0.1) is 11.6 Å². The highest BCUT2D eigenvalue weighted by molar-refractivity contribution is 7.54. The minimum absolute atomic E-state index is 0.170. The van der Waals surface area contributed by atoms with Gasteiger partial charge in [0.2, 0.25) is 0 Å². The molecule has 0 bridgehead atoms. The Kier molecular flexibility index (Phi) is 9.23. The van der Waals surface area contributed by atoms with E-state index in [-0.39, 0.29) is 12.2 Å². The first-order valence-corrected chi connectivity index (χ1v) is 9.99. The molecule has 3 atom stereocenters. The summed E-state index contributed by atoms with van der Waals surface area (Å²) >= 11 is 5.67. The van der Waals surface area contributed by atoms with Crippen molar-refractivity contribution >= 4 is 37.0 Å². The monoisotopic (exact) mass is 422 g/mol. The van der Waals surface area contributed by atoms with E-state index in [0.29, 0.717) is 0 Å². The van der Waals surface area contributed by atoms with Crippen LogP contribution in [0.25, 0.3) is 0 Å². The van der Waals surface area contributed by atoms with Gasteiger partial charge in [0.05, 0.1) is 12.0 Å². The molecule has 27 heavy (non-hydrogen) atoms. The van der Waals surface area contributed by atoms with Crippen LogP contribution in [0.2, 0.25) is 0 Å². The summed E-state index contributed by atoms with van der Waals surface area (Å²) in [6, 6.07) is 6.60. The van der Waals surface area contributed by atoms with Crippen molar-refractivity contribution in [2.75, 3.05) is 18.6 Å².